The number of hydrogen-bond acceptors (Lipinski definition) is 10. The van der Waals surface area contributed by atoms with E-state index in [0.29, 0.717) is 29.1 Å². The molecule has 0 N–H and O–H groups in total. The summed E-state index contributed by atoms with van der Waals surface area (Å²) < 4.78 is 26.6. The van der Waals surface area contributed by atoms with Gasteiger partial charge in [-0.15, -0.1) is 0 Å². The lowest BCUT2D eigenvalue weighted by molar-refractivity contribution is -0.144. The Hall–Kier alpha value is -3.40. The highest BCUT2D eigenvalue weighted by Crippen LogP contribution is 2.46. The first-order valence-corrected chi connectivity index (χ1v) is 10.9. The molecule has 2 aliphatic heterocycles. The van der Waals surface area contributed by atoms with Crippen molar-refractivity contribution in [2.24, 2.45) is 10.9 Å². The maximum absolute atomic E-state index is 13.3. The number of hydrogen-bond donors (Lipinski definition) is 0. The SMILES string of the molecule is COC(=O)c1c(C2C(C(=O)OCCCN(C)C)=C(C)N=C(C)C2C(=O)OC)ccc2c1OCO2. The van der Waals surface area contributed by atoms with Crippen LogP contribution in [0.15, 0.2) is 28.4 Å². The Bertz CT molecular complexity index is 1040. The molecule has 0 radical (unpaired) electrons. The lowest BCUT2D eigenvalue weighted by atomic mass is 9.74. The molecule has 0 amide bonds. The van der Waals surface area contributed by atoms with Gasteiger partial charge in [0.1, 0.15) is 11.5 Å². The number of methoxy groups -OCH3 is 2. The summed E-state index contributed by atoms with van der Waals surface area (Å²) in [4.78, 5) is 45.5. The molecular weight excluding hydrogens is 444 g/mol. The minimum Gasteiger partial charge on any atom is -0.468 e. The molecular formula is C24H30N2O8. The molecule has 2 atom stereocenters. The van der Waals surface area contributed by atoms with E-state index < -0.39 is 29.7 Å². The van der Waals surface area contributed by atoms with Crippen LogP contribution in [0.3, 0.4) is 0 Å². The van der Waals surface area contributed by atoms with Crippen molar-refractivity contribution in [1.29, 1.82) is 0 Å². The van der Waals surface area contributed by atoms with Crippen LogP contribution in [0.1, 0.15) is 42.1 Å². The molecule has 2 aliphatic rings. The van der Waals surface area contributed by atoms with Gasteiger partial charge in [-0.05, 0) is 46.0 Å². The Labute approximate surface area is 198 Å². The zero-order valence-electron chi connectivity index (χ0n) is 20.3. The van der Waals surface area contributed by atoms with Crippen molar-refractivity contribution in [3.63, 3.8) is 0 Å². The van der Waals surface area contributed by atoms with Crippen LogP contribution in [-0.4, -0.2) is 76.8 Å². The first-order valence-electron chi connectivity index (χ1n) is 10.9. The maximum Gasteiger partial charge on any atom is 0.342 e. The van der Waals surface area contributed by atoms with Gasteiger partial charge in [0.2, 0.25) is 6.79 Å². The fourth-order valence-corrected chi connectivity index (χ4v) is 4.25. The molecule has 2 unspecified atom stereocenters. The Morgan fingerprint density at radius 1 is 1.09 bits per heavy atom. The summed E-state index contributed by atoms with van der Waals surface area (Å²) in [5.41, 5.74) is 1.47. The second-order valence-corrected chi connectivity index (χ2v) is 8.28. The van der Waals surface area contributed by atoms with Crippen LogP contribution in [-0.2, 0) is 23.8 Å². The number of ether oxygens (including phenoxy) is 5. The molecule has 0 saturated heterocycles. The van der Waals surface area contributed by atoms with Crippen LogP contribution < -0.4 is 9.47 Å². The van der Waals surface area contributed by atoms with Crippen LogP contribution in [0.25, 0.3) is 0 Å². The number of aliphatic imine (C=N–C) groups is 1. The van der Waals surface area contributed by atoms with E-state index >= 15 is 0 Å². The molecule has 0 saturated carbocycles. The molecule has 0 aromatic heterocycles. The van der Waals surface area contributed by atoms with Crippen LogP contribution in [0.4, 0.5) is 0 Å². The van der Waals surface area contributed by atoms with Crippen molar-refractivity contribution in [2.75, 3.05) is 48.3 Å². The Morgan fingerprint density at radius 2 is 1.82 bits per heavy atom. The smallest absolute Gasteiger partial charge is 0.342 e. The van der Waals surface area contributed by atoms with Crippen molar-refractivity contribution in [3.8, 4) is 11.5 Å². The van der Waals surface area contributed by atoms with Crippen LogP contribution in [0, 0.1) is 5.92 Å². The predicted octanol–water partition coefficient (Wildman–Crippen LogP) is 2.32. The Balaban J connectivity index is 2.14. The van der Waals surface area contributed by atoms with Gasteiger partial charge in [0.15, 0.2) is 11.5 Å². The van der Waals surface area contributed by atoms with Crippen molar-refractivity contribution in [2.45, 2.75) is 26.2 Å². The van der Waals surface area contributed by atoms with E-state index in [-0.39, 0.29) is 30.3 Å². The van der Waals surface area contributed by atoms with E-state index in [1.807, 2.05) is 19.0 Å². The van der Waals surface area contributed by atoms with E-state index in [9.17, 15) is 14.4 Å². The third kappa shape index (κ3) is 4.91. The number of benzene rings is 1. The van der Waals surface area contributed by atoms with Gasteiger partial charge in [-0.3, -0.25) is 9.79 Å². The maximum atomic E-state index is 13.3. The molecule has 0 fully saturated rings. The van der Waals surface area contributed by atoms with Crippen LogP contribution in [0.2, 0.25) is 0 Å². The summed E-state index contributed by atoms with van der Waals surface area (Å²) in [7, 11) is 6.36. The second-order valence-electron chi connectivity index (χ2n) is 8.28. The van der Waals surface area contributed by atoms with Gasteiger partial charge >= 0.3 is 17.9 Å². The second kappa shape index (κ2) is 10.7. The Kier molecular flexibility index (Phi) is 7.93. The molecule has 34 heavy (non-hydrogen) atoms. The van der Waals surface area contributed by atoms with E-state index in [1.165, 1.54) is 14.2 Å². The van der Waals surface area contributed by atoms with E-state index in [0.717, 1.165) is 6.54 Å². The fraction of sp³-hybridized carbons (Fsp3) is 0.500. The van der Waals surface area contributed by atoms with E-state index in [1.54, 1.807) is 26.0 Å². The number of allylic oxidation sites excluding steroid dienone is 1. The molecule has 3 rings (SSSR count). The molecule has 2 heterocycles. The van der Waals surface area contributed by atoms with Gasteiger partial charge in [-0.25, -0.2) is 9.59 Å². The molecule has 0 spiro atoms. The van der Waals surface area contributed by atoms with Crippen LogP contribution >= 0.6 is 0 Å². The summed E-state index contributed by atoms with van der Waals surface area (Å²) in [5, 5.41) is 0. The number of fused-ring (bicyclic) bond motifs is 1. The van der Waals surface area contributed by atoms with Gasteiger partial charge < -0.3 is 28.6 Å². The third-order valence-corrected chi connectivity index (χ3v) is 5.78. The molecule has 0 bridgehead atoms. The summed E-state index contributed by atoms with van der Waals surface area (Å²) >= 11 is 0. The van der Waals surface area contributed by atoms with Crippen molar-refractivity contribution in [3.05, 3.63) is 34.5 Å². The first-order chi connectivity index (χ1) is 16.2. The van der Waals surface area contributed by atoms with E-state index in [4.69, 9.17) is 23.7 Å². The van der Waals surface area contributed by atoms with Crippen molar-refractivity contribution < 1.29 is 38.1 Å². The summed E-state index contributed by atoms with van der Waals surface area (Å²) in [5.74, 6) is -3.18. The third-order valence-electron chi connectivity index (χ3n) is 5.78. The number of carbonyl (C=O) groups is 3. The summed E-state index contributed by atoms with van der Waals surface area (Å²) in [6.45, 7) is 4.22. The average Bonchev–Trinajstić information content (AvgIpc) is 3.28. The summed E-state index contributed by atoms with van der Waals surface area (Å²) in [6.07, 6.45) is 0.635. The van der Waals surface area contributed by atoms with Gasteiger partial charge in [-0.1, -0.05) is 6.07 Å². The van der Waals surface area contributed by atoms with Crippen molar-refractivity contribution in [1.82, 2.24) is 4.90 Å². The van der Waals surface area contributed by atoms with E-state index in [2.05, 4.69) is 4.99 Å². The highest BCUT2D eigenvalue weighted by molar-refractivity contribution is 6.08. The number of rotatable bonds is 8. The summed E-state index contributed by atoms with van der Waals surface area (Å²) in [6, 6.07) is 3.26. The molecule has 10 nitrogen and oxygen atoms in total. The highest BCUT2D eigenvalue weighted by Gasteiger charge is 2.45. The fourth-order valence-electron chi connectivity index (χ4n) is 4.25. The quantitative estimate of drug-likeness (QED) is 0.318. The zero-order valence-corrected chi connectivity index (χ0v) is 20.3. The topological polar surface area (TPSA) is 113 Å². The minimum absolute atomic E-state index is 0.0655. The number of carbonyl (C=O) groups excluding carboxylic acids is 3. The predicted molar refractivity (Wildman–Crippen MR) is 122 cm³/mol. The molecule has 10 heteroatoms. The lowest BCUT2D eigenvalue weighted by Gasteiger charge is -2.32. The normalized spacial score (nSPS) is 19.1. The van der Waals surface area contributed by atoms with Crippen LogP contribution in [0.5, 0.6) is 11.5 Å². The number of nitrogens with zero attached hydrogens (tertiary/aromatic N) is 2. The molecule has 184 valence electrons. The van der Waals surface area contributed by atoms with Gasteiger partial charge in [0, 0.05) is 23.9 Å². The molecule has 0 aliphatic carbocycles. The Morgan fingerprint density at radius 3 is 2.47 bits per heavy atom. The first kappa shape index (κ1) is 25.2. The lowest BCUT2D eigenvalue weighted by Crippen LogP contribution is -2.37. The monoisotopic (exact) mass is 474 g/mol. The number of esters is 3. The standard InChI is InChI=1S/C24H30N2O8/c1-13-17(22(27)30-5)19(18(14(2)25-13)24(29)32-11-7-10-26(3)4)15-8-9-16-21(34-12-33-16)20(15)23(28)31-6/h8-9,17,19H,7,10-12H2,1-6H3. The van der Waals surface area contributed by atoms with Gasteiger partial charge in [0.25, 0.3) is 0 Å². The van der Waals surface area contributed by atoms with Gasteiger partial charge in [0.05, 0.1) is 26.4 Å². The molecule has 1 aromatic carbocycles. The van der Waals surface area contributed by atoms with Gasteiger partial charge in [-0.2, -0.15) is 0 Å². The minimum atomic E-state index is -0.957. The highest BCUT2D eigenvalue weighted by atomic mass is 16.7. The molecule has 1 aromatic rings. The largest absolute Gasteiger partial charge is 0.468 e. The zero-order chi connectivity index (χ0) is 25.0. The van der Waals surface area contributed by atoms with Crippen molar-refractivity contribution >= 4 is 23.6 Å². The average molecular weight is 475 g/mol.